The summed E-state index contributed by atoms with van der Waals surface area (Å²) in [5, 5.41) is 7.38. The molecule has 6 nitrogen and oxygen atoms in total. The summed E-state index contributed by atoms with van der Waals surface area (Å²) in [7, 11) is 0. The topological polar surface area (TPSA) is 65.4 Å². The van der Waals surface area contributed by atoms with Crippen LogP contribution in [0.15, 0.2) is 36.7 Å². The van der Waals surface area contributed by atoms with Gasteiger partial charge in [-0.3, -0.25) is 9.48 Å². The Morgan fingerprint density at radius 1 is 1.23 bits per heavy atom. The van der Waals surface area contributed by atoms with Gasteiger partial charge >= 0.3 is 0 Å². The summed E-state index contributed by atoms with van der Waals surface area (Å²) in [5.41, 5.74) is 1.03. The molecule has 26 heavy (non-hydrogen) atoms. The average molecular weight is 357 g/mol. The van der Waals surface area contributed by atoms with Crippen LogP contribution in [0.5, 0.6) is 11.5 Å². The van der Waals surface area contributed by atoms with Crippen molar-refractivity contribution in [2.45, 2.75) is 45.7 Å². The Labute approximate surface area is 154 Å². The van der Waals surface area contributed by atoms with Crippen molar-refractivity contribution in [1.82, 2.24) is 15.1 Å². The summed E-state index contributed by atoms with van der Waals surface area (Å²) in [6.45, 7) is 7.51. The van der Waals surface area contributed by atoms with Gasteiger partial charge in [-0.15, -0.1) is 0 Å². The molecule has 1 aromatic heterocycles. The van der Waals surface area contributed by atoms with Gasteiger partial charge in [0.25, 0.3) is 0 Å². The Hall–Kier alpha value is -2.50. The molecule has 1 aromatic carbocycles. The van der Waals surface area contributed by atoms with Gasteiger partial charge in [0, 0.05) is 25.2 Å². The third-order valence-corrected chi connectivity index (χ3v) is 4.57. The Morgan fingerprint density at radius 3 is 2.69 bits per heavy atom. The number of nitrogens with zero attached hydrogens (tertiary/aromatic N) is 2. The standard InChI is InChI=1S/C20H27N3O3/c1-14(2)20(22-19(24)12-15(3)23-9-4-8-21-23)16-6-7-17-18(13-16)26-11-5-10-25-17/h4,6-9,13-15,20H,5,10-12H2,1-3H3,(H,22,24)/t15-,20-/m1/s1. The normalized spacial score (nSPS) is 16.0. The number of hydrogen-bond acceptors (Lipinski definition) is 4. The van der Waals surface area contributed by atoms with E-state index >= 15 is 0 Å². The summed E-state index contributed by atoms with van der Waals surface area (Å²) in [4.78, 5) is 12.6. The van der Waals surface area contributed by atoms with E-state index in [2.05, 4.69) is 24.3 Å². The number of aromatic nitrogens is 2. The summed E-state index contributed by atoms with van der Waals surface area (Å²) in [5.74, 6) is 1.79. The molecule has 6 heteroatoms. The van der Waals surface area contributed by atoms with Gasteiger partial charge in [0.05, 0.1) is 25.3 Å². The molecule has 1 aliphatic rings. The second-order valence-corrected chi connectivity index (χ2v) is 7.09. The zero-order valence-corrected chi connectivity index (χ0v) is 15.6. The number of ether oxygens (including phenoxy) is 2. The number of benzene rings is 1. The summed E-state index contributed by atoms with van der Waals surface area (Å²) in [6, 6.07) is 7.73. The van der Waals surface area contributed by atoms with Crippen LogP contribution >= 0.6 is 0 Å². The van der Waals surface area contributed by atoms with Crippen LogP contribution < -0.4 is 14.8 Å². The molecule has 140 valence electrons. The molecule has 2 heterocycles. The van der Waals surface area contributed by atoms with E-state index in [1.165, 1.54) is 0 Å². The first-order chi connectivity index (χ1) is 12.5. The highest BCUT2D eigenvalue weighted by Gasteiger charge is 2.22. The minimum atomic E-state index is -0.0792. The SMILES string of the molecule is CC(C)[C@@H](NC(=O)C[C@@H](C)n1cccn1)c1ccc2c(c1)OCCCO2. The number of hydrogen-bond donors (Lipinski definition) is 1. The molecule has 0 fully saturated rings. The van der Waals surface area contributed by atoms with E-state index in [0.29, 0.717) is 19.6 Å². The lowest BCUT2D eigenvalue weighted by molar-refractivity contribution is -0.122. The van der Waals surface area contributed by atoms with Crippen molar-refractivity contribution in [2.24, 2.45) is 5.92 Å². The van der Waals surface area contributed by atoms with Crippen molar-refractivity contribution in [3.63, 3.8) is 0 Å². The number of amides is 1. The second-order valence-electron chi connectivity index (χ2n) is 7.09. The first-order valence-electron chi connectivity index (χ1n) is 9.22. The van der Waals surface area contributed by atoms with Crippen LogP contribution in [0, 0.1) is 5.92 Å². The quantitative estimate of drug-likeness (QED) is 0.859. The van der Waals surface area contributed by atoms with E-state index in [1.807, 2.05) is 37.4 Å². The molecule has 0 unspecified atom stereocenters. The number of carbonyl (C=O) groups is 1. The molecule has 1 N–H and O–H groups in total. The first-order valence-corrected chi connectivity index (χ1v) is 9.22. The van der Waals surface area contributed by atoms with Crippen LogP contribution in [0.2, 0.25) is 0 Å². The Kier molecular flexibility index (Phi) is 5.81. The average Bonchev–Trinajstić information content (AvgIpc) is 3.05. The molecule has 3 rings (SSSR count). The van der Waals surface area contributed by atoms with Crippen LogP contribution in [0.4, 0.5) is 0 Å². The van der Waals surface area contributed by atoms with Gasteiger partial charge in [0.2, 0.25) is 5.91 Å². The Morgan fingerprint density at radius 2 is 2.00 bits per heavy atom. The zero-order valence-electron chi connectivity index (χ0n) is 15.6. The van der Waals surface area contributed by atoms with E-state index < -0.39 is 0 Å². The molecule has 0 bridgehead atoms. The minimum absolute atomic E-state index is 0.0128. The molecule has 0 radical (unpaired) electrons. The molecule has 2 atom stereocenters. The maximum absolute atomic E-state index is 12.6. The highest BCUT2D eigenvalue weighted by Crippen LogP contribution is 2.34. The minimum Gasteiger partial charge on any atom is -0.490 e. The van der Waals surface area contributed by atoms with Gasteiger partial charge < -0.3 is 14.8 Å². The number of fused-ring (bicyclic) bond motifs is 1. The fourth-order valence-corrected chi connectivity index (χ4v) is 3.14. The van der Waals surface area contributed by atoms with Crippen LogP contribution in [-0.4, -0.2) is 28.9 Å². The molecule has 0 saturated heterocycles. The molecule has 1 aliphatic heterocycles. The highest BCUT2D eigenvalue weighted by atomic mass is 16.5. The van der Waals surface area contributed by atoms with E-state index in [9.17, 15) is 4.79 Å². The van der Waals surface area contributed by atoms with Gasteiger partial charge in [-0.25, -0.2) is 0 Å². The summed E-state index contributed by atoms with van der Waals surface area (Å²) >= 11 is 0. The Bertz CT molecular complexity index is 728. The van der Waals surface area contributed by atoms with E-state index in [4.69, 9.17) is 9.47 Å². The lowest BCUT2D eigenvalue weighted by atomic mass is 9.95. The highest BCUT2D eigenvalue weighted by molar-refractivity contribution is 5.77. The largest absolute Gasteiger partial charge is 0.490 e. The van der Waals surface area contributed by atoms with Crippen molar-refractivity contribution in [3.8, 4) is 11.5 Å². The molecule has 0 aliphatic carbocycles. The van der Waals surface area contributed by atoms with Crippen LogP contribution in [0.3, 0.4) is 0 Å². The third-order valence-electron chi connectivity index (χ3n) is 4.57. The van der Waals surface area contributed by atoms with Crippen LogP contribution in [0.1, 0.15) is 51.3 Å². The van der Waals surface area contributed by atoms with Crippen molar-refractivity contribution in [3.05, 3.63) is 42.2 Å². The monoisotopic (exact) mass is 357 g/mol. The first kappa shape index (κ1) is 18.3. The molecule has 0 saturated carbocycles. The zero-order chi connectivity index (χ0) is 18.5. The van der Waals surface area contributed by atoms with Gasteiger partial charge in [-0.1, -0.05) is 19.9 Å². The van der Waals surface area contributed by atoms with E-state index in [-0.39, 0.29) is 23.9 Å². The molecule has 2 aromatic rings. The number of nitrogens with one attached hydrogen (secondary N) is 1. The van der Waals surface area contributed by atoms with Gasteiger partial charge in [0.1, 0.15) is 0 Å². The number of rotatable bonds is 6. The lowest BCUT2D eigenvalue weighted by Gasteiger charge is -2.24. The fourth-order valence-electron chi connectivity index (χ4n) is 3.14. The second kappa shape index (κ2) is 8.25. The van der Waals surface area contributed by atoms with Crippen LogP contribution in [0.25, 0.3) is 0 Å². The van der Waals surface area contributed by atoms with E-state index in [1.54, 1.807) is 10.9 Å². The van der Waals surface area contributed by atoms with Crippen molar-refractivity contribution in [1.29, 1.82) is 0 Å². The smallest absolute Gasteiger partial charge is 0.222 e. The summed E-state index contributed by atoms with van der Waals surface area (Å²) in [6.07, 6.45) is 4.86. The maximum atomic E-state index is 12.6. The lowest BCUT2D eigenvalue weighted by Crippen LogP contribution is -2.33. The molecule has 1 amide bonds. The van der Waals surface area contributed by atoms with Gasteiger partial charge in [-0.05, 0) is 36.6 Å². The molecular formula is C20H27N3O3. The van der Waals surface area contributed by atoms with Crippen LogP contribution in [-0.2, 0) is 4.79 Å². The predicted molar refractivity (Wildman–Crippen MR) is 99.3 cm³/mol. The summed E-state index contributed by atoms with van der Waals surface area (Å²) < 4.78 is 13.3. The number of carbonyl (C=O) groups excluding carboxylic acids is 1. The van der Waals surface area contributed by atoms with Crippen molar-refractivity contribution in [2.75, 3.05) is 13.2 Å². The maximum Gasteiger partial charge on any atom is 0.222 e. The molecular weight excluding hydrogens is 330 g/mol. The third kappa shape index (κ3) is 4.36. The fraction of sp³-hybridized carbons (Fsp3) is 0.500. The molecule has 0 spiro atoms. The predicted octanol–water partition coefficient (Wildman–Crippen LogP) is 3.51. The van der Waals surface area contributed by atoms with Crippen molar-refractivity contribution >= 4 is 5.91 Å². The van der Waals surface area contributed by atoms with Gasteiger partial charge in [0.15, 0.2) is 11.5 Å². The van der Waals surface area contributed by atoms with Gasteiger partial charge in [-0.2, -0.15) is 5.10 Å². The Balaban J connectivity index is 1.71. The van der Waals surface area contributed by atoms with E-state index in [0.717, 1.165) is 23.5 Å². The van der Waals surface area contributed by atoms with Crippen molar-refractivity contribution < 1.29 is 14.3 Å².